The van der Waals surface area contributed by atoms with Gasteiger partial charge in [-0.25, -0.2) is 0 Å². The molecule has 0 aromatic carbocycles. The highest BCUT2D eigenvalue weighted by atomic mass is 16.2. The Morgan fingerprint density at radius 2 is 2.08 bits per heavy atom. The van der Waals surface area contributed by atoms with E-state index in [9.17, 15) is 9.59 Å². The van der Waals surface area contributed by atoms with Gasteiger partial charge in [-0.3, -0.25) is 19.2 Å². The highest BCUT2D eigenvalue weighted by molar-refractivity contribution is 5.93. The second-order valence-corrected chi connectivity index (χ2v) is 6.88. The molecule has 2 saturated heterocycles. The van der Waals surface area contributed by atoms with Crippen LogP contribution in [0.3, 0.4) is 0 Å². The van der Waals surface area contributed by atoms with Crippen molar-refractivity contribution in [2.75, 3.05) is 31.5 Å². The molecule has 7 heteroatoms. The monoisotopic (exact) mass is 333 g/mol. The van der Waals surface area contributed by atoms with Crippen molar-refractivity contribution in [2.24, 2.45) is 7.05 Å². The summed E-state index contributed by atoms with van der Waals surface area (Å²) in [5.41, 5.74) is -0.463. The van der Waals surface area contributed by atoms with E-state index in [0.29, 0.717) is 5.82 Å². The fourth-order valence-electron chi connectivity index (χ4n) is 4.08. The number of hydrogen-bond donors (Lipinski definition) is 1. The molecule has 0 aliphatic carbocycles. The first-order valence-electron chi connectivity index (χ1n) is 8.89. The number of nitrogens with zero attached hydrogens (tertiary/aromatic N) is 4. The molecule has 1 aromatic heterocycles. The summed E-state index contributed by atoms with van der Waals surface area (Å²) in [7, 11) is 1.81. The lowest BCUT2D eigenvalue weighted by molar-refractivity contribution is -0.148. The predicted molar refractivity (Wildman–Crippen MR) is 91.5 cm³/mol. The van der Waals surface area contributed by atoms with Crippen molar-refractivity contribution < 1.29 is 9.59 Å². The fraction of sp³-hybridized carbons (Fsp3) is 0.706. The van der Waals surface area contributed by atoms with Crippen LogP contribution in [0.2, 0.25) is 0 Å². The molecule has 1 atom stereocenters. The Kier molecular flexibility index (Phi) is 4.89. The average molecular weight is 333 g/mol. The molecular weight excluding hydrogens is 306 g/mol. The van der Waals surface area contributed by atoms with Gasteiger partial charge in [-0.05, 0) is 38.6 Å². The van der Waals surface area contributed by atoms with Crippen LogP contribution >= 0.6 is 0 Å². The third-order valence-corrected chi connectivity index (χ3v) is 5.14. The molecule has 1 aromatic rings. The summed E-state index contributed by atoms with van der Waals surface area (Å²) >= 11 is 0. The van der Waals surface area contributed by atoms with Crippen LogP contribution in [-0.4, -0.2) is 63.1 Å². The quantitative estimate of drug-likeness (QED) is 0.880. The normalized spacial score (nSPS) is 24.8. The van der Waals surface area contributed by atoms with Gasteiger partial charge in [0.15, 0.2) is 5.82 Å². The van der Waals surface area contributed by atoms with Gasteiger partial charge in [0.25, 0.3) is 0 Å². The minimum atomic E-state index is -0.463. The Labute approximate surface area is 143 Å². The highest BCUT2D eigenvalue weighted by Gasteiger charge is 2.50. The van der Waals surface area contributed by atoms with Crippen LogP contribution in [0.5, 0.6) is 0 Å². The van der Waals surface area contributed by atoms with Crippen LogP contribution < -0.4 is 5.32 Å². The number of carbonyl (C=O) groups is 2. The minimum Gasteiger partial charge on any atom is -0.341 e. The number of hydrogen-bond acceptors (Lipinski definition) is 4. The fourth-order valence-corrected chi connectivity index (χ4v) is 4.08. The largest absolute Gasteiger partial charge is 0.341 e. The number of aryl methyl sites for hydroxylation is 1. The lowest BCUT2D eigenvalue weighted by Gasteiger charge is -2.44. The zero-order valence-corrected chi connectivity index (χ0v) is 14.6. The minimum absolute atomic E-state index is 0.101. The number of aromatic nitrogens is 2. The van der Waals surface area contributed by atoms with Crippen molar-refractivity contribution in [2.45, 2.75) is 44.6 Å². The number of anilines is 1. The second-order valence-electron chi connectivity index (χ2n) is 6.88. The maximum Gasteiger partial charge on any atom is 0.243 e. The van der Waals surface area contributed by atoms with Gasteiger partial charge in [0.2, 0.25) is 11.8 Å². The summed E-state index contributed by atoms with van der Waals surface area (Å²) in [6.07, 6.45) is 6.49. The molecule has 2 aliphatic heterocycles. The van der Waals surface area contributed by atoms with E-state index in [-0.39, 0.29) is 18.4 Å². The molecule has 2 aliphatic rings. The van der Waals surface area contributed by atoms with E-state index in [2.05, 4.69) is 22.2 Å². The van der Waals surface area contributed by atoms with Crippen LogP contribution in [0.4, 0.5) is 5.82 Å². The smallest absolute Gasteiger partial charge is 0.243 e. The Morgan fingerprint density at radius 1 is 1.33 bits per heavy atom. The maximum absolute atomic E-state index is 13.0. The second kappa shape index (κ2) is 6.93. The molecule has 3 heterocycles. The standard InChI is InChI=1S/C17H27N5O2/c1-3-9-21-10-4-7-17(16(21)24)8-5-11-22(17)13-15(23)18-14-6-12-20(2)19-14/h6,12H,3-5,7-11,13H2,1-2H3,(H,18,19,23). The van der Waals surface area contributed by atoms with Gasteiger partial charge in [0, 0.05) is 32.4 Å². The van der Waals surface area contributed by atoms with Crippen molar-refractivity contribution >= 4 is 17.6 Å². The Morgan fingerprint density at radius 3 is 2.75 bits per heavy atom. The molecule has 24 heavy (non-hydrogen) atoms. The highest BCUT2D eigenvalue weighted by Crippen LogP contribution is 2.38. The molecule has 1 N–H and O–H groups in total. The summed E-state index contributed by atoms with van der Waals surface area (Å²) in [4.78, 5) is 29.5. The molecule has 7 nitrogen and oxygen atoms in total. The first kappa shape index (κ1) is 17.0. The Bertz CT molecular complexity index is 612. The number of likely N-dealkylation sites (tertiary alicyclic amines) is 2. The number of amides is 2. The van der Waals surface area contributed by atoms with Crippen LogP contribution in [0.15, 0.2) is 12.3 Å². The summed E-state index contributed by atoms with van der Waals surface area (Å²) < 4.78 is 1.65. The SMILES string of the molecule is CCCN1CCCC2(CCCN2CC(=O)Nc2ccn(C)n2)C1=O. The Balaban J connectivity index is 1.68. The van der Waals surface area contributed by atoms with Gasteiger partial charge in [0.1, 0.15) is 5.54 Å². The lowest BCUT2D eigenvalue weighted by atomic mass is 9.85. The van der Waals surface area contributed by atoms with Gasteiger partial charge >= 0.3 is 0 Å². The number of rotatable bonds is 5. The summed E-state index contributed by atoms with van der Waals surface area (Å²) in [5.74, 6) is 0.674. The van der Waals surface area contributed by atoms with Gasteiger partial charge in [0.05, 0.1) is 6.54 Å². The van der Waals surface area contributed by atoms with Crippen LogP contribution in [0.25, 0.3) is 0 Å². The summed E-state index contributed by atoms with van der Waals surface area (Å²) in [5, 5.41) is 7.00. The molecule has 1 spiro atoms. The summed E-state index contributed by atoms with van der Waals surface area (Å²) in [6, 6.07) is 1.77. The summed E-state index contributed by atoms with van der Waals surface area (Å²) in [6.45, 7) is 4.82. The van der Waals surface area contributed by atoms with E-state index in [1.165, 1.54) is 0 Å². The van der Waals surface area contributed by atoms with Crippen LogP contribution in [0.1, 0.15) is 39.0 Å². The number of nitrogens with one attached hydrogen (secondary N) is 1. The van der Waals surface area contributed by atoms with E-state index < -0.39 is 5.54 Å². The van der Waals surface area contributed by atoms with Crippen molar-refractivity contribution in [1.29, 1.82) is 0 Å². The first-order chi connectivity index (χ1) is 11.5. The van der Waals surface area contributed by atoms with E-state index in [4.69, 9.17) is 0 Å². The average Bonchev–Trinajstić information content (AvgIpc) is 3.12. The maximum atomic E-state index is 13.0. The van der Waals surface area contributed by atoms with E-state index in [1.54, 1.807) is 16.9 Å². The topological polar surface area (TPSA) is 70.5 Å². The first-order valence-corrected chi connectivity index (χ1v) is 8.89. The third-order valence-electron chi connectivity index (χ3n) is 5.14. The molecule has 2 fully saturated rings. The van der Waals surface area contributed by atoms with Crippen molar-refractivity contribution in [3.8, 4) is 0 Å². The third kappa shape index (κ3) is 3.17. The van der Waals surface area contributed by atoms with Crippen molar-refractivity contribution in [3.63, 3.8) is 0 Å². The molecule has 0 radical (unpaired) electrons. The molecular formula is C17H27N5O2. The van der Waals surface area contributed by atoms with E-state index >= 15 is 0 Å². The van der Waals surface area contributed by atoms with Crippen molar-refractivity contribution in [1.82, 2.24) is 19.6 Å². The predicted octanol–water partition coefficient (Wildman–Crippen LogP) is 1.23. The van der Waals surface area contributed by atoms with Crippen molar-refractivity contribution in [3.05, 3.63) is 12.3 Å². The zero-order chi connectivity index (χ0) is 17.2. The molecule has 1 unspecified atom stereocenters. The molecule has 3 rings (SSSR count). The van der Waals surface area contributed by atoms with Gasteiger partial charge in [-0.15, -0.1) is 0 Å². The van der Waals surface area contributed by atoms with Gasteiger partial charge in [-0.2, -0.15) is 5.10 Å². The van der Waals surface area contributed by atoms with Gasteiger partial charge in [-0.1, -0.05) is 6.92 Å². The number of piperidine rings is 1. The van der Waals surface area contributed by atoms with E-state index in [1.807, 2.05) is 11.9 Å². The molecule has 0 saturated carbocycles. The molecule has 2 amide bonds. The lowest BCUT2D eigenvalue weighted by Crippen LogP contribution is -2.61. The van der Waals surface area contributed by atoms with Crippen LogP contribution in [-0.2, 0) is 16.6 Å². The zero-order valence-electron chi connectivity index (χ0n) is 14.6. The molecule has 132 valence electrons. The van der Waals surface area contributed by atoms with Crippen LogP contribution in [0, 0.1) is 0 Å². The molecule has 0 bridgehead atoms. The van der Waals surface area contributed by atoms with E-state index in [0.717, 1.165) is 51.7 Å². The van der Waals surface area contributed by atoms with Gasteiger partial charge < -0.3 is 10.2 Å². The number of carbonyl (C=O) groups excluding carboxylic acids is 2. The Hall–Kier alpha value is -1.89.